The number of hydrogen-bond donors (Lipinski definition) is 0. The van der Waals surface area contributed by atoms with Gasteiger partial charge in [-0.15, -0.1) is 0 Å². The fraction of sp³-hybridized carbons (Fsp3) is 1.00. The zero-order valence-corrected chi connectivity index (χ0v) is 12.7. The van der Waals surface area contributed by atoms with E-state index < -0.39 is 8.80 Å². The number of hydrogen-bond acceptors (Lipinski definition) is 4. The molecule has 0 aromatic heterocycles. The normalized spacial score (nSPS) is 20.5. The average molecular weight is 261 g/mol. The highest BCUT2D eigenvalue weighted by Gasteiger charge is 2.37. The second-order valence-corrected chi connectivity index (χ2v) is 7.08. The second kappa shape index (κ2) is 7.48. The molecule has 0 radical (unpaired) electrons. The van der Waals surface area contributed by atoms with Crippen LogP contribution in [0.1, 0.15) is 40.0 Å². The number of rotatable bonds is 7. The van der Waals surface area contributed by atoms with E-state index in [-0.39, 0.29) is 6.23 Å². The first-order chi connectivity index (χ1) is 8.11. The molecule has 0 N–H and O–H groups in total. The van der Waals surface area contributed by atoms with Crippen molar-refractivity contribution in [3.05, 3.63) is 0 Å². The number of piperidine rings is 1. The molecule has 1 heterocycles. The van der Waals surface area contributed by atoms with Gasteiger partial charge in [0.15, 0.2) is 0 Å². The summed E-state index contributed by atoms with van der Waals surface area (Å²) in [7, 11) is -2.44. The zero-order valence-electron chi connectivity index (χ0n) is 11.7. The predicted octanol–water partition coefficient (Wildman–Crippen LogP) is 2.48. The molecular weight excluding hydrogens is 234 g/mol. The van der Waals surface area contributed by atoms with Crippen LogP contribution in [0, 0.1) is 0 Å². The Morgan fingerprint density at radius 2 is 1.59 bits per heavy atom. The molecule has 4 nitrogen and oxygen atoms in total. The van der Waals surface area contributed by atoms with E-state index in [9.17, 15) is 0 Å². The van der Waals surface area contributed by atoms with E-state index in [1.165, 1.54) is 19.3 Å². The van der Waals surface area contributed by atoms with E-state index in [4.69, 9.17) is 13.3 Å². The van der Waals surface area contributed by atoms with Gasteiger partial charge in [0.05, 0.1) is 0 Å². The third-order valence-electron chi connectivity index (χ3n) is 3.10. The summed E-state index contributed by atoms with van der Waals surface area (Å²) in [5.74, 6) is 0. The van der Waals surface area contributed by atoms with Gasteiger partial charge < -0.3 is 13.3 Å². The van der Waals surface area contributed by atoms with Gasteiger partial charge in [0.25, 0.3) is 0 Å². The van der Waals surface area contributed by atoms with Crippen molar-refractivity contribution in [2.45, 2.75) is 52.8 Å². The largest absolute Gasteiger partial charge is 0.498 e. The van der Waals surface area contributed by atoms with E-state index in [2.05, 4.69) is 11.8 Å². The first-order valence-corrected chi connectivity index (χ1v) is 9.03. The molecule has 1 unspecified atom stereocenters. The maximum Gasteiger partial charge on any atom is 0.498 e. The van der Waals surface area contributed by atoms with Crippen LogP contribution in [-0.2, 0) is 13.3 Å². The minimum atomic E-state index is -2.44. The summed E-state index contributed by atoms with van der Waals surface area (Å²) in [6, 6.07) is 0. The lowest BCUT2D eigenvalue weighted by atomic mass is 10.1. The van der Waals surface area contributed by atoms with E-state index in [1.807, 2.05) is 20.4 Å². The number of likely N-dealkylation sites (tertiary alicyclic amines) is 1. The van der Waals surface area contributed by atoms with Crippen molar-refractivity contribution in [2.75, 3.05) is 26.3 Å². The minimum Gasteiger partial charge on any atom is -0.374 e. The van der Waals surface area contributed by atoms with Crippen LogP contribution in [0.4, 0.5) is 0 Å². The summed E-state index contributed by atoms with van der Waals surface area (Å²) in [6.07, 6.45) is 3.99. The van der Waals surface area contributed by atoms with Crippen LogP contribution in [0.15, 0.2) is 0 Å². The van der Waals surface area contributed by atoms with Gasteiger partial charge in [0.1, 0.15) is 6.23 Å². The highest BCUT2D eigenvalue weighted by atomic mass is 28.4. The van der Waals surface area contributed by atoms with Crippen molar-refractivity contribution < 1.29 is 13.3 Å². The maximum atomic E-state index is 6.08. The molecule has 1 aliphatic rings. The molecule has 1 aliphatic heterocycles. The minimum absolute atomic E-state index is 0.102. The van der Waals surface area contributed by atoms with Gasteiger partial charge in [-0.1, -0.05) is 6.42 Å². The standard InChI is InChI=1S/C12H27NO3Si/c1-5-14-17(4,15-6-2)16-12(3)13-10-8-7-9-11-13/h12H,5-11H2,1-4H3. The van der Waals surface area contributed by atoms with Crippen LogP contribution in [0.3, 0.4) is 0 Å². The highest BCUT2D eigenvalue weighted by molar-refractivity contribution is 6.59. The monoisotopic (exact) mass is 261 g/mol. The molecule has 1 saturated heterocycles. The van der Waals surface area contributed by atoms with Crippen LogP contribution >= 0.6 is 0 Å². The summed E-state index contributed by atoms with van der Waals surface area (Å²) in [5.41, 5.74) is 0. The van der Waals surface area contributed by atoms with Crippen LogP contribution in [-0.4, -0.2) is 46.2 Å². The summed E-state index contributed by atoms with van der Waals surface area (Å²) in [4.78, 5) is 2.38. The van der Waals surface area contributed by atoms with Gasteiger partial charge in [-0.05, 0) is 33.6 Å². The predicted molar refractivity (Wildman–Crippen MR) is 70.8 cm³/mol. The second-order valence-electron chi connectivity index (χ2n) is 4.54. The first kappa shape index (κ1) is 15.1. The molecule has 0 bridgehead atoms. The number of nitrogens with zero attached hydrogens (tertiary/aromatic N) is 1. The summed E-state index contributed by atoms with van der Waals surface area (Å²) in [6.45, 7) is 11.6. The molecule has 0 spiro atoms. The molecule has 0 aliphatic carbocycles. The molecule has 1 atom stereocenters. The molecule has 102 valence electrons. The van der Waals surface area contributed by atoms with E-state index in [0.29, 0.717) is 13.2 Å². The molecule has 0 aromatic rings. The summed E-state index contributed by atoms with van der Waals surface area (Å²) < 4.78 is 17.5. The third kappa shape index (κ3) is 5.05. The zero-order chi connectivity index (χ0) is 12.7. The van der Waals surface area contributed by atoms with Crippen LogP contribution < -0.4 is 0 Å². The molecule has 5 heteroatoms. The summed E-state index contributed by atoms with van der Waals surface area (Å²) >= 11 is 0. The van der Waals surface area contributed by atoms with Gasteiger partial charge in [-0.25, -0.2) is 0 Å². The van der Waals surface area contributed by atoms with Crippen molar-refractivity contribution in [2.24, 2.45) is 0 Å². The van der Waals surface area contributed by atoms with Gasteiger partial charge in [0.2, 0.25) is 0 Å². The fourth-order valence-electron chi connectivity index (χ4n) is 2.30. The van der Waals surface area contributed by atoms with Gasteiger partial charge in [-0.2, -0.15) is 0 Å². The smallest absolute Gasteiger partial charge is 0.374 e. The van der Waals surface area contributed by atoms with E-state index >= 15 is 0 Å². The van der Waals surface area contributed by atoms with Gasteiger partial charge in [0, 0.05) is 32.9 Å². The summed E-state index contributed by atoms with van der Waals surface area (Å²) in [5, 5.41) is 0. The van der Waals surface area contributed by atoms with E-state index in [1.54, 1.807) is 0 Å². The third-order valence-corrected chi connectivity index (χ3v) is 5.50. The Balaban J connectivity index is 2.46. The molecule has 0 aromatic carbocycles. The Hall–Kier alpha value is 0.0569. The lowest BCUT2D eigenvalue weighted by Crippen LogP contribution is -2.50. The Morgan fingerprint density at radius 3 is 2.06 bits per heavy atom. The Kier molecular flexibility index (Phi) is 6.65. The molecule has 1 rings (SSSR count). The van der Waals surface area contributed by atoms with Crippen molar-refractivity contribution in [3.8, 4) is 0 Å². The quantitative estimate of drug-likeness (QED) is 0.659. The maximum absolute atomic E-state index is 6.08. The van der Waals surface area contributed by atoms with Crippen molar-refractivity contribution in [1.29, 1.82) is 0 Å². The average Bonchev–Trinajstić information content (AvgIpc) is 2.30. The molecule has 0 saturated carbocycles. The topological polar surface area (TPSA) is 30.9 Å². The Labute approximate surface area is 107 Å². The van der Waals surface area contributed by atoms with Gasteiger partial charge in [-0.3, -0.25) is 4.90 Å². The van der Waals surface area contributed by atoms with Crippen LogP contribution in [0.25, 0.3) is 0 Å². The van der Waals surface area contributed by atoms with Crippen molar-refractivity contribution >= 4 is 8.80 Å². The SMILES string of the molecule is CCO[Si](C)(OCC)OC(C)N1CCCCC1. The van der Waals surface area contributed by atoms with Gasteiger partial charge >= 0.3 is 8.80 Å². The Bertz CT molecular complexity index is 204. The van der Waals surface area contributed by atoms with Crippen molar-refractivity contribution in [3.63, 3.8) is 0 Å². The van der Waals surface area contributed by atoms with Crippen LogP contribution in [0.5, 0.6) is 0 Å². The fourth-order valence-corrected chi connectivity index (χ4v) is 4.34. The first-order valence-electron chi connectivity index (χ1n) is 6.81. The molecule has 0 amide bonds. The van der Waals surface area contributed by atoms with Crippen molar-refractivity contribution in [1.82, 2.24) is 4.90 Å². The molecule has 1 fully saturated rings. The molecular formula is C12H27NO3Si. The molecule has 17 heavy (non-hydrogen) atoms. The van der Waals surface area contributed by atoms with Crippen LogP contribution in [0.2, 0.25) is 6.55 Å². The Morgan fingerprint density at radius 1 is 1.06 bits per heavy atom. The highest BCUT2D eigenvalue weighted by Crippen LogP contribution is 2.18. The lowest BCUT2D eigenvalue weighted by Gasteiger charge is -2.36. The van der Waals surface area contributed by atoms with E-state index in [0.717, 1.165) is 13.1 Å². The lowest BCUT2D eigenvalue weighted by molar-refractivity contribution is -0.0372.